The van der Waals surface area contributed by atoms with Crippen molar-refractivity contribution in [3.63, 3.8) is 0 Å². The average molecular weight is 247 g/mol. The van der Waals surface area contributed by atoms with Gasteiger partial charge >= 0.3 is 0 Å². The zero-order chi connectivity index (χ0) is 10.0. The standard InChI is InChI=1S/C9H8BrFO2/c1-5-6(8(12)4-10)2-3-7(11)9(5)13/h2-3,13H,4H2,1H3. The second kappa shape index (κ2) is 3.87. The molecule has 1 aromatic carbocycles. The Morgan fingerprint density at radius 3 is 2.77 bits per heavy atom. The average Bonchev–Trinajstić information content (AvgIpc) is 2.13. The van der Waals surface area contributed by atoms with Crippen molar-refractivity contribution in [3.05, 3.63) is 29.1 Å². The first-order valence-corrected chi connectivity index (χ1v) is 4.77. The van der Waals surface area contributed by atoms with Gasteiger partial charge in [0.15, 0.2) is 17.3 Å². The monoisotopic (exact) mass is 246 g/mol. The van der Waals surface area contributed by atoms with Crippen LogP contribution in [0.3, 0.4) is 0 Å². The zero-order valence-corrected chi connectivity index (χ0v) is 8.56. The minimum atomic E-state index is -0.705. The van der Waals surface area contributed by atoms with Crippen molar-refractivity contribution >= 4 is 21.7 Å². The third kappa shape index (κ3) is 1.88. The number of carbonyl (C=O) groups is 1. The Morgan fingerprint density at radius 1 is 1.62 bits per heavy atom. The number of benzene rings is 1. The molecular weight excluding hydrogens is 239 g/mol. The molecule has 0 unspecified atom stereocenters. The molecule has 0 aliphatic heterocycles. The first-order chi connectivity index (χ1) is 6.07. The molecule has 1 rings (SSSR count). The summed E-state index contributed by atoms with van der Waals surface area (Å²) in [4.78, 5) is 11.2. The van der Waals surface area contributed by atoms with Crippen molar-refractivity contribution in [2.75, 3.05) is 5.33 Å². The van der Waals surface area contributed by atoms with Gasteiger partial charge in [0, 0.05) is 11.1 Å². The lowest BCUT2D eigenvalue weighted by molar-refractivity contribution is 0.102. The number of rotatable bonds is 2. The minimum absolute atomic E-state index is 0.166. The van der Waals surface area contributed by atoms with E-state index < -0.39 is 11.6 Å². The molecule has 0 bridgehead atoms. The molecule has 1 N–H and O–H groups in total. The van der Waals surface area contributed by atoms with Crippen molar-refractivity contribution in [1.29, 1.82) is 0 Å². The number of halogens is 2. The molecule has 0 saturated carbocycles. The van der Waals surface area contributed by atoms with E-state index in [1.165, 1.54) is 13.0 Å². The smallest absolute Gasteiger partial charge is 0.173 e. The number of hydrogen-bond donors (Lipinski definition) is 1. The molecule has 0 spiro atoms. The second-order valence-electron chi connectivity index (χ2n) is 2.63. The molecule has 0 aromatic heterocycles. The fourth-order valence-corrected chi connectivity index (χ4v) is 1.34. The van der Waals surface area contributed by atoms with Gasteiger partial charge in [0.25, 0.3) is 0 Å². The van der Waals surface area contributed by atoms with Crippen LogP contribution in [-0.4, -0.2) is 16.2 Å². The van der Waals surface area contributed by atoms with Gasteiger partial charge in [-0.15, -0.1) is 0 Å². The van der Waals surface area contributed by atoms with E-state index in [4.69, 9.17) is 0 Å². The Labute approximate surface area is 83.5 Å². The maximum Gasteiger partial charge on any atom is 0.173 e. The van der Waals surface area contributed by atoms with E-state index in [-0.39, 0.29) is 16.7 Å². The van der Waals surface area contributed by atoms with Gasteiger partial charge in [0.05, 0.1) is 5.33 Å². The van der Waals surface area contributed by atoms with Crippen LogP contribution in [0.5, 0.6) is 5.75 Å². The maximum atomic E-state index is 12.8. The molecule has 1 aromatic rings. The van der Waals surface area contributed by atoms with E-state index in [0.717, 1.165) is 6.07 Å². The van der Waals surface area contributed by atoms with Gasteiger partial charge in [-0.2, -0.15) is 0 Å². The number of aromatic hydroxyl groups is 1. The zero-order valence-electron chi connectivity index (χ0n) is 6.97. The molecule has 0 atom stereocenters. The van der Waals surface area contributed by atoms with Gasteiger partial charge in [-0.3, -0.25) is 4.79 Å². The molecule has 0 saturated heterocycles. The summed E-state index contributed by atoms with van der Waals surface area (Å²) in [6.45, 7) is 1.51. The Morgan fingerprint density at radius 2 is 2.23 bits per heavy atom. The third-order valence-electron chi connectivity index (χ3n) is 1.80. The predicted molar refractivity (Wildman–Crippen MR) is 50.9 cm³/mol. The number of hydrogen-bond acceptors (Lipinski definition) is 2. The van der Waals surface area contributed by atoms with Crippen molar-refractivity contribution in [2.24, 2.45) is 0 Å². The molecule has 4 heteroatoms. The minimum Gasteiger partial charge on any atom is -0.505 e. The van der Waals surface area contributed by atoms with Gasteiger partial charge in [-0.1, -0.05) is 15.9 Å². The van der Waals surface area contributed by atoms with Gasteiger partial charge in [0.1, 0.15) is 0 Å². The number of phenols is 1. The van der Waals surface area contributed by atoms with E-state index in [2.05, 4.69) is 15.9 Å². The highest BCUT2D eigenvalue weighted by Gasteiger charge is 2.13. The molecule has 0 radical (unpaired) electrons. The van der Waals surface area contributed by atoms with Crippen molar-refractivity contribution in [3.8, 4) is 5.75 Å². The van der Waals surface area contributed by atoms with Crippen LogP contribution < -0.4 is 0 Å². The lowest BCUT2D eigenvalue weighted by atomic mass is 10.0. The van der Waals surface area contributed by atoms with Gasteiger partial charge in [-0.25, -0.2) is 4.39 Å². The largest absolute Gasteiger partial charge is 0.505 e. The van der Waals surface area contributed by atoms with E-state index in [1.54, 1.807) is 0 Å². The third-order valence-corrected chi connectivity index (χ3v) is 2.31. The Kier molecular flexibility index (Phi) is 3.03. The molecule has 0 heterocycles. The normalized spacial score (nSPS) is 10.1. The Bertz CT molecular complexity index is 350. The van der Waals surface area contributed by atoms with E-state index >= 15 is 0 Å². The van der Waals surface area contributed by atoms with Gasteiger partial charge in [0.2, 0.25) is 0 Å². The fourth-order valence-electron chi connectivity index (χ4n) is 1.04. The summed E-state index contributed by atoms with van der Waals surface area (Å²) >= 11 is 3.00. The topological polar surface area (TPSA) is 37.3 Å². The highest BCUT2D eigenvalue weighted by Crippen LogP contribution is 2.24. The first-order valence-electron chi connectivity index (χ1n) is 3.65. The maximum absolute atomic E-state index is 12.8. The number of alkyl halides is 1. The summed E-state index contributed by atoms with van der Waals surface area (Å²) in [5, 5.41) is 9.35. The molecule has 0 aliphatic rings. The van der Waals surface area contributed by atoms with Crippen LogP contribution in [0.15, 0.2) is 12.1 Å². The van der Waals surface area contributed by atoms with E-state index in [1.807, 2.05) is 0 Å². The highest BCUT2D eigenvalue weighted by atomic mass is 79.9. The summed E-state index contributed by atoms with van der Waals surface area (Å²) in [7, 11) is 0. The lowest BCUT2D eigenvalue weighted by Gasteiger charge is -2.05. The molecule has 0 fully saturated rings. The molecular formula is C9H8BrFO2. The van der Waals surface area contributed by atoms with Crippen molar-refractivity contribution in [1.82, 2.24) is 0 Å². The first kappa shape index (κ1) is 10.2. The van der Waals surface area contributed by atoms with Crippen LogP contribution in [0.2, 0.25) is 0 Å². The number of ketones is 1. The molecule has 70 valence electrons. The van der Waals surface area contributed by atoms with Crippen LogP contribution in [0.1, 0.15) is 15.9 Å². The Balaban J connectivity index is 3.26. The van der Waals surface area contributed by atoms with Crippen molar-refractivity contribution < 1.29 is 14.3 Å². The lowest BCUT2D eigenvalue weighted by Crippen LogP contribution is -2.03. The molecule has 2 nitrogen and oxygen atoms in total. The Hall–Kier alpha value is -0.900. The van der Waals surface area contributed by atoms with E-state index in [9.17, 15) is 14.3 Å². The van der Waals surface area contributed by atoms with Gasteiger partial charge < -0.3 is 5.11 Å². The summed E-state index contributed by atoms with van der Waals surface area (Å²) in [6.07, 6.45) is 0. The fraction of sp³-hybridized carbons (Fsp3) is 0.222. The van der Waals surface area contributed by atoms with Crippen molar-refractivity contribution in [2.45, 2.75) is 6.92 Å². The highest BCUT2D eigenvalue weighted by molar-refractivity contribution is 9.09. The van der Waals surface area contributed by atoms with Gasteiger partial charge in [-0.05, 0) is 19.1 Å². The number of phenolic OH excluding ortho intramolecular Hbond substituents is 1. The predicted octanol–water partition coefficient (Wildman–Crippen LogP) is 2.42. The van der Waals surface area contributed by atoms with Crippen LogP contribution in [0.25, 0.3) is 0 Å². The van der Waals surface area contributed by atoms with E-state index in [0.29, 0.717) is 5.56 Å². The molecule has 13 heavy (non-hydrogen) atoms. The van der Waals surface area contributed by atoms with Crippen LogP contribution in [0.4, 0.5) is 4.39 Å². The second-order valence-corrected chi connectivity index (χ2v) is 3.19. The molecule has 0 aliphatic carbocycles. The number of Topliss-reactive ketones (excluding diaryl/α,β-unsaturated/α-hetero) is 1. The SMILES string of the molecule is Cc1c(C(=O)CBr)ccc(F)c1O. The van der Waals surface area contributed by atoms with Crippen LogP contribution in [-0.2, 0) is 0 Å². The van der Waals surface area contributed by atoms with Crippen LogP contribution >= 0.6 is 15.9 Å². The summed E-state index contributed by atoms with van der Waals surface area (Å²) in [5.74, 6) is -1.33. The summed E-state index contributed by atoms with van der Waals surface area (Å²) in [6, 6.07) is 2.45. The van der Waals surface area contributed by atoms with Crippen LogP contribution in [0, 0.1) is 12.7 Å². The quantitative estimate of drug-likeness (QED) is 0.643. The molecule has 0 amide bonds. The summed E-state index contributed by atoms with van der Waals surface area (Å²) in [5.41, 5.74) is 0.625. The summed E-state index contributed by atoms with van der Waals surface area (Å²) < 4.78 is 12.8. The number of carbonyl (C=O) groups excluding carboxylic acids is 1.